The minimum Gasteiger partial charge on any atom is -0.338 e. The summed E-state index contributed by atoms with van der Waals surface area (Å²) in [6.45, 7) is 5.42. The molecule has 0 bridgehead atoms. The van der Waals surface area contributed by atoms with Crippen molar-refractivity contribution in [3.05, 3.63) is 76.2 Å². The van der Waals surface area contributed by atoms with Gasteiger partial charge in [0.2, 0.25) is 5.91 Å². The lowest BCUT2D eigenvalue weighted by atomic mass is 9.82. The van der Waals surface area contributed by atoms with E-state index in [0.717, 1.165) is 46.6 Å². The van der Waals surface area contributed by atoms with E-state index in [1.54, 1.807) is 25.3 Å². The minimum atomic E-state index is -0.939. The molecule has 0 aliphatic heterocycles. The maximum Gasteiger partial charge on any atom is 0.276 e. The van der Waals surface area contributed by atoms with Crippen LogP contribution in [0.1, 0.15) is 57.5 Å². The topological polar surface area (TPSA) is 139 Å². The normalized spacial score (nSPS) is 17.7. The van der Waals surface area contributed by atoms with Crippen LogP contribution in [0.15, 0.2) is 41.2 Å². The summed E-state index contributed by atoms with van der Waals surface area (Å²) < 4.78 is 18.7. The highest BCUT2D eigenvalue weighted by atomic mass is 19.1. The number of nitrogens with one attached hydrogen (secondary N) is 3. The number of anilines is 1. The molecule has 2 aliphatic carbocycles. The van der Waals surface area contributed by atoms with Gasteiger partial charge in [-0.15, -0.1) is 0 Å². The Hall–Kier alpha value is -4.41. The lowest BCUT2D eigenvalue weighted by molar-refractivity contribution is -0.118. The van der Waals surface area contributed by atoms with E-state index < -0.39 is 17.9 Å². The summed E-state index contributed by atoms with van der Waals surface area (Å²) in [6, 6.07) is 7.30. The van der Waals surface area contributed by atoms with Gasteiger partial charge in [0.05, 0.1) is 23.3 Å². The Morgan fingerprint density at radius 1 is 1.13 bits per heavy atom. The molecule has 194 valence electrons. The smallest absolute Gasteiger partial charge is 0.276 e. The van der Waals surface area contributed by atoms with E-state index in [0.29, 0.717) is 17.8 Å². The van der Waals surface area contributed by atoms with E-state index in [9.17, 15) is 14.0 Å². The summed E-state index contributed by atoms with van der Waals surface area (Å²) in [4.78, 5) is 31.5. The van der Waals surface area contributed by atoms with Crippen molar-refractivity contribution in [2.75, 3.05) is 5.32 Å². The highest BCUT2D eigenvalue weighted by Gasteiger charge is 2.58. The molecule has 2 amide bonds. The van der Waals surface area contributed by atoms with Gasteiger partial charge in [-0.05, 0) is 86.0 Å². The van der Waals surface area contributed by atoms with Crippen LogP contribution in [-0.4, -0.2) is 43.4 Å². The zero-order chi connectivity index (χ0) is 26.6. The quantitative estimate of drug-likeness (QED) is 0.355. The lowest BCUT2D eigenvalue weighted by Crippen LogP contribution is -2.49. The van der Waals surface area contributed by atoms with Gasteiger partial charge in [0.1, 0.15) is 17.6 Å². The summed E-state index contributed by atoms with van der Waals surface area (Å²) >= 11 is 0. The fourth-order valence-corrected chi connectivity index (χ4v) is 5.74. The SMILES string of the molecule is Cc1nonc1C(=O)N[C@H](C(=O)Nc1ccc(-c2c(C)n[nH]c2C)nc1)C1c2ccc(F)cc2CC12CC2. The number of halogens is 1. The number of carbonyl (C=O) groups excluding carboxylic acids is 2. The van der Waals surface area contributed by atoms with Crippen LogP contribution in [-0.2, 0) is 11.2 Å². The first-order valence-electron chi connectivity index (χ1n) is 12.4. The number of benzene rings is 1. The second kappa shape index (κ2) is 8.86. The monoisotopic (exact) mass is 515 g/mol. The molecule has 3 heterocycles. The van der Waals surface area contributed by atoms with Crippen LogP contribution in [0.25, 0.3) is 11.3 Å². The predicted molar refractivity (Wildman–Crippen MR) is 135 cm³/mol. The first kappa shape index (κ1) is 24.0. The maximum absolute atomic E-state index is 14.0. The van der Waals surface area contributed by atoms with E-state index in [1.165, 1.54) is 12.1 Å². The number of aryl methyl sites for hydroxylation is 3. The Balaban J connectivity index is 1.32. The third kappa shape index (κ3) is 4.04. The molecule has 0 radical (unpaired) electrons. The van der Waals surface area contributed by atoms with Gasteiger partial charge in [-0.25, -0.2) is 9.02 Å². The Morgan fingerprint density at radius 3 is 2.58 bits per heavy atom. The standard InChI is InChI=1S/C27H26FN7O3/c1-13-21(14(2)33-32-13)20-7-5-18(12-29-20)30-26(37)24(31-25(36)23-15(3)34-38-35-23)22-19-6-4-17(28)10-16(19)11-27(22)8-9-27/h4-7,10,12,22,24H,8-9,11H2,1-3H3,(H,30,37)(H,31,36)(H,32,33)/t22?,24-/m0/s1. The van der Waals surface area contributed by atoms with Gasteiger partial charge in [0, 0.05) is 17.2 Å². The van der Waals surface area contributed by atoms with E-state index >= 15 is 0 Å². The molecule has 0 saturated heterocycles. The third-order valence-corrected chi connectivity index (χ3v) is 7.72. The van der Waals surface area contributed by atoms with Crippen LogP contribution in [0, 0.1) is 32.0 Å². The zero-order valence-electron chi connectivity index (χ0n) is 21.1. The molecular formula is C27H26FN7O3. The largest absolute Gasteiger partial charge is 0.338 e. The zero-order valence-corrected chi connectivity index (χ0v) is 21.1. The van der Waals surface area contributed by atoms with Gasteiger partial charge in [-0.3, -0.25) is 19.7 Å². The molecule has 1 unspecified atom stereocenters. The minimum absolute atomic E-state index is 0.0156. The highest BCUT2D eigenvalue weighted by Crippen LogP contribution is 2.64. The number of H-pyrrole nitrogens is 1. The summed E-state index contributed by atoms with van der Waals surface area (Å²) in [5, 5.41) is 20.3. The molecule has 3 aromatic heterocycles. The van der Waals surface area contributed by atoms with Crippen LogP contribution >= 0.6 is 0 Å². The molecule has 38 heavy (non-hydrogen) atoms. The van der Waals surface area contributed by atoms with Gasteiger partial charge < -0.3 is 10.6 Å². The third-order valence-electron chi connectivity index (χ3n) is 7.72. The predicted octanol–water partition coefficient (Wildman–Crippen LogP) is 3.78. The molecule has 6 rings (SSSR count). The lowest BCUT2D eigenvalue weighted by Gasteiger charge is -2.29. The Labute approximate surface area is 217 Å². The number of aromatic amines is 1. The van der Waals surface area contributed by atoms with Gasteiger partial charge in [-0.1, -0.05) is 11.2 Å². The fourth-order valence-electron chi connectivity index (χ4n) is 5.74. The van der Waals surface area contributed by atoms with Crippen LogP contribution in [0.2, 0.25) is 0 Å². The molecule has 3 N–H and O–H groups in total. The van der Waals surface area contributed by atoms with Crippen molar-refractivity contribution in [2.24, 2.45) is 5.41 Å². The van der Waals surface area contributed by atoms with Crippen molar-refractivity contribution in [3.8, 4) is 11.3 Å². The van der Waals surface area contributed by atoms with Crippen LogP contribution < -0.4 is 10.6 Å². The Morgan fingerprint density at radius 2 is 1.95 bits per heavy atom. The number of hydrogen-bond acceptors (Lipinski definition) is 7. The second-order valence-electron chi connectivity index (χ2n) is 10.2. The molecule has 1 fully saturated rings. The molecule has 10 nitrogen and oxygen atoms in total. The van der Waals surface area contributed by atoms with Gasteiger partial charge in [-0.2, -0.15) is 5.10 Å². The summed E-state index contributed by atoms with van der Waals surface area (Å²) in [5.74, 6) is -1.60. The number of carbonyl (C=O) groups is 2. The first-order chi connectivity index (χ1) is 18.3. The molecule has 4 aromatic rings. The molecule has 2 aliphatic rings. The van der Waals surface area contributed by atoms with Gasteiger partial charge in [0.25, 0.3) is 5.91 Å². The molecule has 1 spiro atoms. The van der Waals surface area contributed by atoms with Crippen molar-refractivity contribution in [2.45, 2.75) is 52.0 Å². The van der Waals surface area contributed by atoms with Crippen molar-refractivity contribution in [3.63, 3.8) is 0 Å². The van der Waals surface area contributed by atoms with E-state index in [-0.39, 0.29) is 22.8 Å². The number of fused-ring (bicyclic) bond motifs is 1. The van der Waals surface area contributed by atoms with Crippen molar-refractivity contribution in [1.82, 2.24) is 30.8 Å². The van der Waals surface area contributed by atoms with Gasteiger partial charge >= 0.3 is 0 Å². The van der Waals surface area contributed by atoms with E-state index in [2.05, 4.69) is 36.1 Å². The summed E-state index contributed by atoms with van der Waals surface area (Å²) in [6.07, 6.45) is 4.01. The molecule has 11 heteroatoms. The first-order valence-corrected chi connectivity index (χ1v) is 12.4. The van der Waals surface area contributed by atoms with Crippen LogP contribution in [0.4, 0.5) is 10.1 Å². The maximum atomic E-state index is 14.0. The van der Waals surface area contributed by atoms with E-state index in [4.69, 9.17) is 4.63 Å². The molecular weight excluding hydrogens is 489 g/mol. The summed E-state index contributed by atoms with van der Waals surface area (Å²) in [7, 11) is 0. The highest BCUT2D eigenvalue weighted by molar-refractivity contribution is 6.01. The number of nitrogens with zero attached hydrogens (tertiary/aromatic N) is 4. The van der Waals surface area contributed by atoms with Gasteiger partial charge in [0.15, 0.2) is 5.69 Å². The summed E-state index contributed by atoms with van der Waals surface area (Å²) in [5.41, 5.74) is 5.73. The average molecular weight is 516 g/mol. The number of pyridine rings is 1. The van der Waals surface area contributed by atoms with Crippen molar-refractivity contribution < 1.29 is 18.6 Å². The second-order valence-corrected chi connectivity index (χ2v) is 10.2. The van der Waals surface area contributed by atoms with Crippen LogP contribution in [0.3, 0.4) is 0 Å². The Kier molecular flexibility index (Phi) is 5.59. The van der Waals surface area contributed by atoms with E-state index in [1.807, 2.05) is 19.9 Å². The number of hydrogen-bond donors (Lipinski definition) is 3. The number of rotatable bonds is 6. The van der Waals surface area contributed by atoms with Crippen LogP contribution in [0.5, 0.6) is 0 Å². The number of amides is 2. The van der Waals surface area contributed by atoms with Crippen molar-refractivity contribution in [1.29, 1.82) is 0 Å². The number of aromatic nitrogens is 5. The fraction of sp³-hybridized carbons (Fsp3) is 0.333. The molecule has 1 saturated carbocycles. The molecule has 2 atom stereocenters. The average Bonchev–Trinajstić information content (AvgIpc) is 3.21. The molecule has 1 aromatic carbocycles. The van der Waals surface area contributed by atoms with Crippen molar-refractivity contribution >= 4 is 17.5 Å². The Bertz CT molecular complexity index is 1540.